The van der Waals surface area contributed by atoms with Gasteiger partial charge in [-0.2, -0.15) is 10.4 Å². The molecule has 2 rings (SSSR count). The van der Waals surface area contributed by atoms with Crippen molar-refractivity contribution in [2.24, 2.45) is 0 Å². The molecular formula is C15H16ClN3. The summed E-state index contributed by atoms with van der Waals surface area (Å²) >= 11 is 6.15. The normalized spacial score (nSPS) is 10.4. The Morgan fingerprint density at radius 3 is 2.79 bits per heavy atom. The van der Waals surface area contributed by atoms with Gasteiger partial charge in [-0.15, -0.1) is 0 Å². The molecule has 0 bridgehead atoms. The fourth-order valence-electron chi connectivity index (χ4n) is 2.26. The number of hydrogen-bond donors (Lipinski definition) is 1. The van der Waals surface area contributed by atoms with E-state index in [1.54, 1.807) is 0 Å². The highest BCUT2D eigenvalue weighted by atomic mass is 35.5. The van der Waals surface area contributed by atoms with Crippen LogP contribution in [0, 0.1) is 11.3 Å². The second kappa shape index (κ2) is 5.90. The number of halogens is 1. The van der Waals surface area contributed by atoms with Gasteiger partial charge in [-0.1, -0.05) is 50.1 Å². The maximum Gasteiger partial charge on any atom is 0.171 e. The Morgan fingerprint density at radius 2 is 2.16 bits per heavy atom. The number of nitriles is 1. The third-order valence-electron chi connectivity index (χ3n) is 3.19. The van der Waals surface area contributed by atoms with Gasteiger partial charge in [-0.05, 0) is 29.5 Å². The minimum atomic E-state index is 0.355. The lowest BCUT2D eigenvalue weighted by Gasteiger charge is -2.10. The van der Waals surface area contributed by atoms with E-state index in [1.807, 2.05) is 0 Å². The maximum atomic E-state index is 9.14. The first-order valence-corrected chi connectivity index (χ1v) is 6.85. The van der Waals surface area contributed by atoms with Crippen LogP contribution in [0.2, 0.25) is 5.15 Å². The second-order valence-electron chi connectivity index (χ2n) is 4.47. The van der Waals surface area contributed by atoms with E-state index in [9.17, 15) is 0 Å². The molecule has 0 unspecified atom stereocenters. The largest absolute Gasteiger partial charge is 0.265 e. The molecule has 1 aromatic carbocycles. The monoisotopic (exact) mass is 273 g/mol. The third kappa shape index (κ3) is 2.64. The summed E-state index contributed by atoms with van der Waals surface area (Å²) in [6.45, 7) is 4.25. The molecule has 0 aliphatic carbocycles. The Labute approximate surface area is 118 Å². The van der Waals surface area contributed by atoms with Crippen LogP contribution in [0.15, 0.2) is 18.2 Å². The molecule has 4 heteroatoms. The van der Waals surface area contributed by atoms with Gasteiger partial charge in [0.2, 0.25) is 0 Å². The highest BCUT2D eigenvalue weighted by Crippen LogP contribution is 2.33. The van der Waals surface area contributed by atoms with E-state index in [1.165, 1.54) is 11.1 Å². The number of H-pyrrole nitrogens is 1. The van der Waals surface area contributed by atoms with E-state index in [4.69, 9.17) is 16.9 Å². The van der Waals surface area contributed by atoms with E-state index < -0.39 is 0 Å². The first kappa shape index (κ1) is 13.6. The lowest BCUT2D eigenvalue weighted by molar-refractivity contribution is 0.920. The van der Waals surface area contributed by atoms with Gasteiger partial charge in [0.25, 0.3) is 0 Å². The van der Waals surface area contributed by atoms with Gasteiger partial charge in [0, 0.05) is 0 Å². The molecule has 0 spiro atoms. The molecule has 0 fully saturated rings. The molecule has 0 saturated carbocycles. The predicted octanol–water partition coefficient (Wildman–Crippen LogP) is 4.12. The molecule has 98 valence electrons. The highest BCUT2D eigenvalue weighted by Gasteiger charge is 2.16. The zero-order chi connectivity index (χ0) is 13.8. The number of nitrogens with zero attached hydrogens (tertiary/aromatic N) is 2. The van der Waals surface area contributed by atoms with Crippen molar-refractivity contribution < 1.29 is 0 Å². The molecule has 0 atom stereocenters. The molecule has 0 saturated heterocycles. The average molecular weight is 274 g/mol. The molecule has 0 aliphatic rings. The number of aromatic nitrogens is 2. The van der Waals surface area contributed by atoms with Gasteiger partial charge < -0.3 is 0 Å². The van der Waals surface area contributed by atoms with Crippen LogP contribution in [0.4, 0.5) is 0 Å². The summed E-state index contributed by atoms with van der Waals surface area (Å²) in [5, 5.41) is 16.2. The first-order valence-electron chi connectivity index (χ1n) is 6.47. The van der Waals surface area contributed by atoms with Gasteiger partial charge in [0.15, 0.2) is 5.69 Å². The van der Waals surface area contributed by atoms with Crippen LogP contribution in [0.3, 0.4) is 0 Å². The van der Waals surface area contributed by atoms with Crippen molar-refractivity contribution in [1.82, 2.24) is 10.2 Å². The molecular weight excluding hydrogens is 258 g/mol. The van der Waals surface area contributed by atoms with E-state index in [0.29, 0.717) is 10.8 Å². The number of hydrogen-bond acceptors (Lipinski definition) is 2. The summed E-state index contributed by atoms with van der Waals surface area (Å²) in [5.41, 5.74) is 4.53. The fourth-order valence-corrected chi connectivity index (χ4v) is 2.49. The van der Waals surface area contributed by atoms with Crippen molar-refractivity contribution in [2.75, 3.05) is 0 Å². The Kier molecular flexibility index (Phi) is 4.24. The minimum absolute atomic E-state index is 0.355. The van der Waals surface area contributed by atoms with Crippen LogP contribution >= 0.6 is 11.6 Å². The van der Waals surface area contributed by atoms with Gasteiger partial charge in [-0.25, -0.2) is 0 Å². The van der Waals surface area contributed by atoms with Crippen LogP contribution in [0.25, 0.3) is 11.1 Å². The summed E-state index contributed by atoms with van der Waals surface area (Å²) < 4.78 is 0. The van der Waals surface area contributed by atoms with Crippen molar-refractivity contribution >= 4 is 11.6 Å². The number of aromatic amines is 1. The minimum Gasteiger partial charge on any atom is -0.265 e. The molecule has 1 N–H and O–H groups in total. The molecule has 1 aromatic heterocycles. The van der Waals surface area contributed by atoms with Gasteiger partial charge in [0.05, 0.1) is 5.56 Å². The lowest BCUT2D eigenvalue weighted by atomic mass is 9.95. The van der Waals surface area contributed by atoms with Crippen LogP contribution < -0.4 is 0 Å². The van der Waals surface area contributed by atoms with Crippen molar-refractivity contribution in [1.29, 1.82) is 5.26 Å². The Morgan fingerprint density at radius 1 is 1.37 bits per heavy atom. The van der Waals surface area contributed by atoms with Gasteiger partial charge in [0.1, 0.15) is 11.2 Å². The van der Waals surface area contributed by atoms with E-state index in [2.05, 4.69) is 48.3 Å². The number of rotatable bonds is 4. The van der Waals surface area contributed by atoms with Crippen molar-refractivity contribution in [3.05, 3.63) is 40.2 Å². The van der Waals surface area contributed by atoms with Gasteiger partial charge >= 0.3 is 0 Å². The topological polar surface area (TPSA) is 52.5 Å². The van der Waals surface area contributed by atoms with E-state index in [-0.39, 0.29) is 0 Å². The number of benzene rings is 1. The molecule has 3 nitrogen and oxygen atoms in total. The molecule has 0 amide bonds. The Hall–Kier alpha value is -1.79. The lowest BCUT2D eigenvalue weighted by Crippen LogP contribution is -1.93. The van der Waals surface area contributed by atoms with Crippen LogP contribution in [0.1, 0.15) is 37.1 Å². The van der Waals surface area contributed by atoms with Crippen molar-refractivity contribution in [2.45, 2.75) is 33.1 Å². The van der Waals surface area contributed by atoms with Crippen LogP contribution in [-0.2, 0) is 12.8 Å². The zero-order valence-electron chi connectivity index (χ0n) is 11.1. The predicted molar refractivity (Wildman–Crippen MR) is 77.1 cm³/mol. The summed E-state index contributed by atoms with van der Waals surface area (Å²) in [4.78, 5) is 0. The second-order valence-corrected chi connectivity index (χ2v) is 4.85. The van der Waals surface area contributed by atoms with Crippen molar-refractivity contribution in [3.8, 4) is 17.2 Å². The number of nitrogens with one attached hydrogen (secondary N) is 1. The summed E-state index contributed by atoms with van der Waals surface area (Å²) in [5.74, 6) is 0. The summed E-state index contributed by atoms with van der Waals surface area (Å²) in [6.07, 6.45) is 3.01. The van der Waals surface area contributed by atoms with Crippen molar-refractivity contribution in [3.63, 3.8) is 0 Å². The smallest absolute Gasteiger partial charge is 0.171 e. The van der Waals surface area contributed by atoms with Crippen LogP contribution in [-0.4, -0.2) is 10.2 Å². The summed E-state index contributed by atoms with van der Waals surface area (Å²) in [6, 6.07) is 8.48. The summed E-state index contributed by atoms with van der Waals surface area (Å²) in [7, 11) is 0. The Bertz CT molecular complexity index is 623. The Balaban J connectivity index is 2.62. The number of aryl methyl sites for hydroxylation is 2. The maximum absolute atomic E-state index is 9.14. The molecule has 0 aliphatic heterocycles. The average Bonchev–Trinajstić information content (AvgIpc) is 2.80. The van der Waals surface area contributed by atoms with Gasteiger partial charge in [-0.3, -0.25) is 5.10 Å². The molecule has 2 aromatic rings. The first-order chi connectivity index (χ1) is 9.21. The third-order valence-corrected chi connectivity index (χ3v) is 3.46. The SMILES string of the molecule is CCCc1ccc(CC)c(-c2c(C#N)n[nH]c2Cl)c1. The zero-order valence-corrected chi connectivity index (χ0v) is 11.9. The van der Waals surface area contributed by atoms with Crippen LogP contribution in [0.5, 0.6) is 0 Å². The van der Waals surface area contributed by atoms with E-state index >= 15 is 0 Å². The standard InChI is InChI=1S/C15H16ClN3/c1-3-5-10-6-7-11(4-2)12(8-10)14-13(9-17)18-19-15(14)16/h6-8H,3-5H2,1-2H3,(H,18,19). The molecule has 0 radical (unpaired) electrons. The highest BCUT2D eigenvalue weighted by molar-refractivity contribution is 6.32. The quantitative estimate of drug-likeness (QED) is 0.911. The fraction of sp³-hybridized carbons (Fsp3) is 0.333. The molecule has 19 heavy (non-hydrogen) atoms. The van der Waals surface area contributed by atoms with E-state index in [0.717, 1.165) is 30.4 Å². The molecule has 1 heterocycles.